The van der Waals surface area contributed by atoms with Crippen molar-refractivity contribution in [2.45, 2.75) is 331 Å². The third-order valence-electron chi connectivity index (χ3n) is 15.4. The maximum atomic E-state index is 13.1. The van der Waals surface area contributed by atoms with Crippen molar-refractivity contribution in [3.8, 4) is 0 Å². The van der Waals surface area contributed by atoms with Gasteiger partial charge in [-0.2, -0.15) is 0 Å². The molecule has 0 aromatic carbocycles. The Kier molecular flexibility index (Phi) is 44.4. The number of unbranched alkanes of at least 4 members (excludes halogenated alkanes) is 31. The van der Waals surface area contributed by atoms with Gasteiger partial charge in [-0.25, -0.2) is 0 Å². The second-order valence-corrected chi connectivity index (χ2v) is 22.2. The van der Waals surface area contributed by atoms with Crippen molar-refractivity contribution < 1.29 is 64.6 Å². The van der Waals surface area contributed by atoms with Gasteiger partial charge < -0.3 is 65.1 Å². The van der Waals surface area contributed by atoms with Crippen molar-refractivity contribution in [1.29, 1.82) is 0 Å². The topological polar surface area (TPSA) is 228 Å². The van der Waals surface area contributed by atoms with Crippen molar-refractivity contribution >= 4 is 5.91 Å². The summed E-state index contributed by atoms with van der Waals surface area (Å²) in [5.74, 6) is -0.215. The molecule has 2 saturated heterocycles. The monoisotopic (exact) mass is 1080 g/mol. The molecule has 2 aliphatic rings. The van der Waals surface area contributed by atoms with E-state index in [0.717, 1.165) is 57.8 Å². The third kappa shape index (κ3) is 33.1. The first kappa shape index (κ1) is 70.3. The number of carbonyl (C=O) groups is 1. The summed E-state index contributed by atoms with van der Waals surface area (Å²) in [6, 6.07) is -0.822. The third-order valence-corrected chi connectivity index (χ3v) is 15.4. The van der Waals surface area contributed by atoms with Gasteiger partial charge in [0, 0.05) is 6.42 Å². The molecule has 446 valence electrons. The van der Waals surface area contributed by atoms with Crippen LogP contribution in [-0.4, -0.2) is 140 Å². The van der Waals surface area contributed by atoms with E-state index in [1.807, 2.05) is 0 Å². The minimum atomic E-state index is -1.78. The molecule has 2 fully saturated rings. The van der Waals surface area contributed by atoms with Crippen LogP contribution < -0.4 is 5.32 Å². The summed E-state index contributed by atoms with van der Waals surface area (Å²) in [6.07, 6.45) is 43.2. The Bertz CT molecular complexity index is 1410. The minimum Gasteiger partial charge on any atom is -0.394 e. The molecule has 0 radical (unpaired) electrons. The molecule has 0 aliphatic carbocycles. The lowest BCUT2D eigenvalue weighted by atomic mass is 9.97. The first-order valence-electron chi connectivity index (χ1n) is 31.2. The minimum absolute atomic E-state index is 0.215. The molecule has 12 atom stereocenters. The fourth-order valence-corrected chi connectivity index (χ4v) is 10.3. The van der Waals surface area contributed by atoms with Gasteiger partial charge in [-0.05, 0) is 51.4 Å². The van der Waals surface area contributed by atoms with Gasteiger partial charge in [-0.3, -0.25) is 4.79 Å². The number of aliphatic hydroxyl groups excluding tert-OH is 8. The van der Waals surface area contributed by atoms with Crippen LogP contribution in [0.1, 0.15) is 258 Å². The van der Waals surface area contributed by atoms with Gasteiger partial charge in [0.15, 0.2) is 12.6 Å². The zero-order valence-electron chi connectivity index (χ0n) is 48.0. The summed E-state index contributed by atoms with van der Waals surface area (Å²) in [4.78, 5) is 13.1. The van der Waals surface area contributed by atoms with Gasteiger partial charge in [0.1, 0.15) is 48.8 Å². The average molecular weight is 1080 g/mol. The Morgan fingerprint density at radius 1 is 0.474 bits per heavy atom. The lowest BCUT2D eigenvalue weighted by molar-refractivity contribution is -0.359. The van der Waals surface area contributed by atoms with E-state index < -0.39 is 86.8 Å². The van der Waals surface area contributed by atoms with Crippen LogP contribution in [0.2, 0.25) is 0 Å². The van der Waals surface area contributed by atoms with Crippen LogP contribution in [0.3, 0.4) is 0 Å². The van der Waals surface area contributed by atoms with Gasteiger partial charge in [0.25, 0.3) is 0 Å². The summed E-state index contributed by atoms with van der Waals surface area (Å²) in [6.45, 7) is 2.67. The number of rotatable bonds is 50. The molecule has 0 aromatic heterocycles. The first-order chi connectivity index (χ1) is 37.1. The van der Waals surface area contributed by atoms with Crippen LogP contribution in [0.15, 0.2) is 36.5 Å². The highest BCUT2D eigenvalue weighted by Crippen LogP contribution is 2.30. The standard InChI is InChI=1S/C62H115NO13/c1-3-5-7-8-9-10-11-12-13-14-15-16-17-18-19-20-21-22-23-24-25-26-27-28-29-30-31-32-33-34-35-36-37-38-39-40-41-42-44-46-54(67)63-50(51(66)45-43-6-4-2)49-73-61-59(72)57(70)60(53(48-65)75-61)76-62-58(71)56(69)55(68)52(47-64)74-62/h11-12,14-15,17-18,50-53,55-62,64-66,68-72H,3-10,13,16,19-49H2,1-2H3,(H,63,67)/b12-11-,15-14-,18-17-. The zero-order valence-corrected chi connectivity index (χ0v) is 48.0. The quantitative estimate of drug-likeness (QED) is 0.0204. The van der Waals surface area contributed by atoms with E-state index in [1.165, 1.54) is 173 Å². The molecule has 0 spiro atoms. The molecule has 2 heterocycles. The van der Waals surface area contributed by atoms with Crippen LogP contribution in [-0.2, 0) is 23.7 Å². The Morgan fingerprint density at radius 3 is 1.33 bits per heavy atom. The molecule has 2 rings (SSSR count). The van der Waals surface area contributed by atoms with E-state index in [9.17, 15) is 45.6 Å². The predicted molar refractivity (Wildman–Crippen MR) is 305 cm³/mol. The molecule has 12 unspecified atom stereocenters. The molecule has 14 heteroatoms. The van der Waals surface area contributed by atoms with Gasteiger partial charge in [0.05, 0.1) is 32.0 Å². The van der Waals surface area contributed by atoms with E-state index in [0.29, 0.717) is 12.8 Å². The Morgan fingerprint density at radius 2 is 0.868 bits per heavy atom. The SMILES string of the molecule is CCCCCCC/C=C\C/C=C\C/C=C\CCCCCCCCCCCCCCCCCCCCCCCCCCC(=O)NC(COC1OC(CO)C(OC2OC(CO)C(O)C(O)C2O)C(O)C1O)C(O)CCCCC. The van der Waals surface area contributed by atoms with Gasteiger partial charge >= 0.3 is 0 Å². The fourth-order valence-electron chi connectivity index (χ4n) is 10.3. The molecule has 0 aromatic rings. The fraction of sp³-hybridized carbons (Fsp3) is 0.887. The Hall–Kier alpha value is -1.79. The average Bonchev–Trinajstić information content (AvgIpc) is 3.42. The Labute approximate surface area is 461 Å². The predicted octanol–water partition coefficient (Wildman–Crippen LogP) is 11.0. The number of aliphatic hydroxyl groups is 8. The molecule has 76 heavy (non-hydrogen) atoms. The van der Waals surface area contributed by atoms with Crippen molar-refractivity contribution in [1.82, 2.24) is 5.32 Å². The first-order valence-corrected chi connectivity index (χ1v) is 31.2. The summed E-state index contributed by atoms with van der Waals surface area (Å²) in [7, 11) is 0. The van der Waals surface area contributed by atoms with Gasteiger partial charge in [-0.15, -0.1) is 0 Å². The number of ether oxygens (including phenoxy) is 4. The number of hydrogen-bond donors (Lipinski definition) is 9. The lowest BCUT2D eigenvalue weighted by Gasteiger charge is -2.46. The van der Waals surface area contributed by atoms with E-state index >= 15 is 0 Å². The van der Waals surface area contributed by atoms with Crippen LogP contribution in [0.4, 0.5) is 0 Å². The van der Waals surface area contributed by atoms with E-state index in [-0.39, 0.29) is 12.5 Å². The highest BCUT2D eigenvalue weighted by Gasteiger charge is 2.51. The number of allylic oxidation sites excluding steroid dienone is 6. The largest absolute Gasteiger partial charge is 0.394 e. The highest BCUT2D eigenvalue weighted by atomic mass is 16.7. The summed E-state index contributed by atoms with van der Waals surface area (Å²) >= 11 is 0. The lowest BCUT2D eigenvalue weighted by Crippen LogP contribution is -2.65. The molecular weight excluding hydrogens is 967 g/mol. The summed E-state index contributed by atoms with van der Waals surface area (Å²) < 4.78 is 22.6. The van der Waals surface area contributed by atoms with Gasteiger partial charge in [-0.1, -0.05) is 237 Å². The molecule has 0 bridgehead atoms. The summed E-state index contributed by atoms with van der Waals surface area (Å²) in [5.41, 5.74) is 0. The van der Waals surface area contributed by atoms with Crippen LogP contribution >= 0.6 is 0 Å². The normalized spacial score (nSPS) is 25.1. The summed E-state index contributed by atoms with van der Waals surface area (Å²) in [5, 5.41) is 86.2. The maximum absolute atomic E-state index is 13.1. The van der Waals surface area contributed by atoms with Crippen LogP contribution in [0.25, 0.3) is 0 Å². The van der Waals surface area contributed by atoms with E-state index in [2.05, 4.69) is 55.6 Å². The molecule has 9 N–H and O–H groups in total. The van der Waals surface area contributed by atoms with Crippen LogP contribution in [0, 0.1) is 0 Å². The van der Waals surface area contributed by atoms with E-state index in [4.69, 9.17) is 18.9 Å². The number of amides is 1. The maximum Gasteiger partial charge on any atom is 0.220 e. The molecular formula is C62H115NO13. The second kappa shape index (κ2) is 48.0. The number of hydrogen-bond acceptors (Lipinski definition) is 13. The number of nitrogens with one attached hydrogen (secondary N) is 1. The highest BCUT2D eigenvalue weighted by molar-refractivity contribution is 5.76. The van der Waals surface area contributed by atoms with Crippen LogP contribution in [0.5, 0.6) is 0 Å². The van der Waals surface area contributed by atoms with Crippen molar-refractivity contribution in [3.05, 3.63) is 36.5 Å². The van der Waals surface area contributed by atoms with E-state index in [1.54, 1.807) is 0 Å². The van der Waals surface area contributed by atoms with Crippen molar-refractivity contribution in [2.75, 3.05) is 19.8 Å². The van der Waals surface area contributed by atoms with Crippen molar-refractivity contribution in [3.63, 3.8) is 0 Å². The van der Waals surface area contributed by atoms with Gasteiger partial charge in [0.2, 0.25) is 5.91 Å². The number of carbonyl (C=O) groups excluding carboxylic acids is 1. The second-order valence-electron chi connectivity index (χ2n) is 22.2. The molecule has 1 amide bonds. The molecule has 2 aliphatic heterocycles. The smallest absolute Gasteiger partial charge is 0.220 e. The Balaban J connectivity index is 1.43. The molecule has 0 saturated carbocycles. The van der Waals surface area contributed by atoms with Crippen molar-refractivity contribution in [2.24, 2.45) is 0 Å². The zero-order chi connectivity index (χ0) is 55.3. The molecule has 14 nitrogen and oxygen atoms in total.